The molecule has 0 aromatic heterocycles. The van der Waals surface area contributed by atoms with E-state index in [1.54, 1.807) is 6.08 Å². The van der Waals surface area contributed by atoms with Crippen molar-refractivity contribution in [2.75, 3.05) is 19.8 Å². The van der Waals surface area contributed by atoms with Crippen molar-refractivity contribution in [3.8, 4) is 11.5 Å². The predicted molar refractivity (Wildman–Crippen MR) is 124 cm³/mol. The number of carboxylic acid groups (broad SMARTS) is 1. The fraction of sp³-hybridized carbons (Fsp3) is 0.500. The van der Waals surface area contributed by atoms with Crippen LogP contribution in [0.2, 0.25) is 0 Å². The number of ether oxygens (including phenoxy) is 2. The first-order chi connectivity index (χ1) is 14.5. The Kier molecular flexibility index (Phi) is 10.2. The number of unbranched alkanes of at least 4 members (excludes halogenated alkanes) is 5. The van der Waals surface area contributed by atoms with Crippen LogP contribution in [-0.2, 0) is 9.59 Å². The van der Waals surface area contributed by atoms with Gasteiger partial charge in [-0.3, -0.25) is 14.5 Å². The van der Waals surface area contributed by atoms with Gasteiger partial charge in [-0.1, -0.05) is 69.1 Å². The van der Waals surface area contributed by atoms with Gasteiger partial charge >= 0.3 is 5.97 Å². The van der Waals surface area contributed by atoms with Crippen molar-refractivity contribution in [2.45, 2.75) is 52.4 Å². The third kappa shape index (κ3) is 7.32. The summed E-state index contributed by atoms with van der Waals surface area (Å²) < 4.78 is 11.9. The normalized spacial score (nSPS) is 15.1. The monoisotopic (exact) mass is 451 g/mol. The molecule has 1 N–H and O–H groups in total. The maximum absolute atomic E-state index is 12.4. The molecule has 1 heterocycles. The van der Waals surface area contributed by atoms with Crippen LogP contribution in [0.4, 0.5) is 0 Å². The Morgan fingerprint density at radius 3 is 2.57 bits per heavy atom. The number of nitrogens with zero attached hydrogens (tertiary/aromatic N) is 1. The van der Waals surface area contributed by atoms with Crippen molar-refractivity contribution in [1.29, 1.82) is 0 Å². The Labute approximate surface area is 187 Å². The molecule has 30 heavy (non-hydrogen) atoms. The molecule has 1 aliphatic rings. The summed E-state index contributed by atoms with van der Waals surface area (Å²) in [5, 5.41) is 8.94. The summed E-state index contributed by atoms with van der Waals surface area (Å²) in [6, 6.07) is 5.51. The number of benzene rings is 1. The molecule has 0 bridgehead atoms. The third-order valence-corrected chi connectivity index (χ3v) is 5.87. The Balaban J connectivity index is 2.02. The van der Waals surface area contributed by atoms with Crippen LogP contribution in [0.5, 0.6) is 11.5 Å². The van der Waals surface area contributed by atoms with E-state index in [9.17, 15) is 9.59 Å². The van der Waals surface area contributed by atoms with Crippen molar-refractivity contribution in [3.05, 3.63) is 28.7 Å². The molecule has 0 radical (unpaired) electrons. The van der Waals surface area contributed by atoms with Crippen molar-refractivity contribution in [1.82, 2.24) is 4.90 Å². The molecule has 1 aliphatic heterocycles. The van der Waals surface area contributed by atoms with Crippen LogP contribution < -0.4 is 9.47 Å². The molecular weight excluding hydrogens is 422 g/mol. The highest BCUT2D eigenvalue weighted by Gasteiger charge is 2.33. The number of carboxylic acids is 1. The average molecular weight is 452 g/mol. The van der Waals surface area contributed by atoms with E-state index in [-0.39, 0.29) is 4.32 Å². The van der Waals surface area contributed by atoms with Gasteiger partial charge in [0.25, 0.3) is 5.91 Å². The van der Waals surface area contributed by atoms with E-state index in [1.807, 2.05) is 25.1 Å². The largest absolute Gasteiger partial charge is 0.490 e. The van der Waals surface area contributed by atoms with E-state index in [2.05, 4.69) is 6.92 Å². The second kappa shape index (κ2) is 12.6. The number of carbonyl (C=O) groups is 2. The molecule has 0 unspecified atom stereocenters. The van der Waals surface area contributed by atoms with Gasteiger partial charge in [-0.05, 0) is 37.1 Å². The smallest absolute Gasteiger partial charge is 0.323 e. The second-order valence-electron chi connectivity index (χ2n) is 6.92. The van der Waals surface area contributed by atoms with Crippen LogP contribution in [0.3, 0.4) is 0 Å². The van der Waals surface area contributed by atoms with Gasteiger partial charge in [0.05, 0.1) is 18.1 Å². The molecule has 0 aliphatic carbocycles. The van der Waals surface area contributed by atoms with Crippen LogP contribution >= 0.6 is 24.0 Å². The molecule has 2 rings (SSSR count). The number of hydrogen-bond acceptors (Lipinski definition) is 6. The maximum atomic E-state index is 12.4. The first-order valence-electron chi connectivity index (χ1n) is 10.3. The molecule has 1 fully saturated rings. The van der Waals surface area contributed by atoms with Crippen molar-refractivity contribution >= 4 is 46.3 Å². The predicted octanol–water partition coefficient (Wildman–Crippen LogP) is 5.11. The van der Waals surface area contributed by atoms with Gasteiger partial charge in [-0.15, -0.1) is 0 Å². The van der Waals surface area contributed by atoms with Crippen LogP contribution in [0.15, 0.2) is 23.1 Å². The lowest BCUT2D eigenvalue weighted by Gasteiger charge is -2.13. The summed E-state index contributed by atoms with van der Waals surface area (Å²) in [6.07, 6.45) is 8.88. The molecule has 164 valence electrons. The number of thioether (sulfide) groups is 1. The van der Waals surface area contributed by atoms with Gasteiger partial charge in [0.1, 0.15) is 10.9 Å². The second-order valence-corrected chi connectivity index (χ2v) is 8.59. The lowest BCUT2D eigenvalue weighted by Crippen LogP contribution is -2.33. The first-order valence-corrected chi connectivity index (χ1v) is 11.6. The molecule has 8 heteroatoms. The molecule has 6 nitrogen and oxygen atoms in total. The molecule has 1 saturated heterocycles. The molecular formula is C22H29NO5S2. The first kappa shape index (κ1) is 24.2. The summed E-state index contributed by atoms with van der Waals surface area (Å²) in [7, 11) is 0. The van der Waals surface area contributed by atoms with E-state index in [4.69, 9.17) is 26.8 Å². The van der Waals surface area contributed by atoms with Crippen molar-refractivity contribution in [3.63, 3.8) is 0 Å². The number of rotatable bonds is 13. The summed E-state index contributed by atoms with van der Waals surface area (Å²) >= 11 is 6.23. The number of thiocarbonyl (C=S) groups is 1. The fourth-order valence-electron chi connectivity index (χ4n) is 2.99. The van der Waals surface area contributed by atoms with Crippen LogP contribution in [0, 0.1) is 0 Å². The Bertz CT molecular complexity index is 794. The summed E-state index contributed by atoms with van der Waals surface area (Å²) in [5.74, 6) is -0.189. The molecule has 1 amide bonds. The SMILES string of the molecule is CCCCCCCCOc1ccc(/C=C2\SC(=S)N(CC(=O)O)C2=O)cc1OCC. The highest BCUT2D eigenvalue weighted by molar-refractivity contribution is 8.26. The van der Waals surface area contributed by atoms with E-state index in [0.717, 1.165) is 35.1 Å². The Morgan fingerprint density at radius 1 is 1.13 bits per heavy atom. The van der Waals surface area contributed by atoms with Crippen LogP contribution in [0.25, 0.3) is 6.08 Å². The van der Waals surface area contributed by atoms with E-state index < -0.39 is 18.4 Å². The zero-order chi connectivity index (χ0) is 21.9. The van der Waals surface area contributed by atoms with Gasteiger partial charge < -0.3 is 14.6 Å². The zero-order valence-electron chi connectivity index (χ0n) is 17.5. The van der Waals surface area contributed by atoms with Crippen molar-refractivity contribution in [2.24, 2.45) is 0 Å². The number of carbonyl (C=O) groups excluding carboxylic acids is 1. The van der Waals surface area contributed by atoms with Gasteiger partial charge in [0.15, 0.2) is 11.5 Å². The van der Waals surface area contributed by atoms with Gasteiger partial charge in [-0.25, -0.2) is 0 Å². The molecule has 0 saturated carbocycles. The lowest BCUT2D eigenvalue weighted by molar-refractivity contribution is -0.140. The number of amides is 1. The van der Waals surface area contributed by atoms with E-state index in [0.29, 0.717) is 29.6 Å². The zero-order valence-corrected chi connectivity index (χ0v) is 19.2. The number of aliphatic carboxylic acids is 1. The minimum Gasteiger partial charge on any atom is -0.490 e. The molecule has 1 aromatic rings. The Morgan fingerprint density at radius 2 is 1.87 bits per heavy atom. The average Bonchev–Trinajstić information content (AvgIpc) is 2.96. The third-order valence-electron chi connectivity index (χ3n) is 4.49. The minimum atomic E-state index is -1.10. The summed E-state index contributed by atoms with van der Waals surface area (Å²) in [5.41, 5.74) is 0.765. The highest BCUT2D eigenvalue weighted by Crippen LogP contribution is 2.34. The summed E-state index contributed by atoms with van der Waals surface area (Å²) in [6.45, 7) is 4.81. The summed E-state index contributed by atoms with van der Waals surface area (Å²) in [4.78, 5) is 24.8. The van der Waals surface area contributed by atoms with Crippen LogP contribution in [0.1, 0.15) is 57.9 Å². The standard InChI is InChI=1S/C22H29NO5S2/c1-3-5-6-7-8-9-12-28-17-11-10-16(13-18(17)27-4-2)14-19-21(26)23(15-20(24)25)22(29)30-19/h10-11,13-14H,3-9,12,15H2,1-2H3,(H,24,25)/b19-14-. The van der Waals surface area contributed by atoms with Crippen LogP contribution in [-0.4, -0.2) is 46.0 Å². The topological polar surface area (TPSA) is 76.1 Å². The number of hydrogen-bond donors (Lipinski definition) is 1. The van der Waals surface area contributed by atoms with Gasteiger partial charge in [0.2, 0.25) is 0 Å². The minimum absolute atomic E-state index is 0.248. The quantitative estimate of drug-likeness (QED) is 0.254. The molecule has 1 aromatic carbocycles. The van der Waals surface area contributed by atoms with Crippen molar-refractivity contribution < 1.29 is 24.2 Å². The lowest BCUT2D eigenvalue weighted by atomic mass is 10.1. The fourth-order valence-corrected chi connectivity index (χ4v) is 4.24. The van der Waals surface area contributed by atoms with Gasteiger partial charge in [-0.2, -0.15) is 0 Å². The highest BCUT2D eigenvalue weighted by atomic mass is 32.2. The molecule has 0 atom stereocenters. The van der Waals surface area contributed by atoms with Gasteiger partial charge in [0, 0.05) is 0 Å². The molecule has 0 spiro atoms. The van der Waals surface area contributed by atoms with E-state index >= 15 is 0 Å². The maximum Gasteiger partial charge on any atom is 0.323 e. The van der Waals surface area contributed by atoms with E-state index in [1.165, 1.54) is 25.7 Å². The Hall–Kier alpha value is -2.06.